The molecule has 3 rings (SSSR count). The summed E-state index contributed by atoms with van der Waals surface area (Å²) in [7, 11) is 1.71. The normalized spacial score (nSPS) is 14.4. The number of rotatable bonds is 8. The Balaban J connectivity index is 0.00000225. The number of nitrogens with zero attached hydrogens (tertiary/aromatic N) is 2. The molecule has 1 aliphatic carbocycles. The molecule has 0 spiro atoms. The third kappa shape index (κ3) is 6.34. The molecule has 0 fully saturated rings. The average Bonchev–Trinajstić information content (AvgIpc) is 2.72. The lowest BCUT2D eigenvalue weighted by atomic mass is 9.89. The molecule has 0 radical (unpaired) electrons. The number of anilines is 1. The Bertz CT molecular complexity index is 804. The summed E-state index contributed by atoms with van der Waals surface area (Å²) in [4.78, 5) is 22.6. The highest BCUT2D eigenvalue weighted by Gasteiger charge is 2.30. The second-order valence-electron chi connectivity index (χ2n) is 7.85. The number of hydrogen-bond acceptors (Lipinski definition) is 4. The van der Waals surface area contributed by atoms with Crippen LogP contribution in [0.2, 0.25) is 0 Å². The minimum Gasteiger partial charge on any atom is -0.345 e. The summed E-state index contributed by atoms with van der Waals surface area (Å²) in [5.74, 6) is -0.102. The Morgan fingerprint density at radius 3 is 2.63 bits per heavy atom. The number of fused-ring (bicyclic) bond motifs is 1. The molecule has 166 valence electrons. The van der Waals surface area contributed by atoms with Crippen LogP contribution in [0.15, 0.2) is 42.7 Å². The van der Waals surface area contributed by atoms with E-state index in [1.807, 2.05) is 5.06 Å². The van der Waals surface area contributed by atoms with Crippen LogP contribution in [-0.4, -0.2) is 30.1 Å². The monoisotopic (exact) mass is 453 g/mol. The van der Waals surface area contributed by atoms with Gasteiger partial charge in [-0.3, -0.25) is 19.7 Å². The predicted molar refractivity (Wildman–Crippen MR) is 127 cm³/mol. The number of aryl methyl sites for hydroxylation is 1. The van der Waals surface area contributed by atoms with Gasteiger partial charge < -0.3 is 5.32 Å². The van der Waals surface area contributed by atoms with Crippen LogP contribution in [0.25, 0.3) is 0 Å². The zero-order valence-corrected chi connectivity index (χ0v) is 19.7. The van der Waals surface area contributed by atoms with Crippen LogP contribution >= 0.6 is 24.8 Å². The summed E-state index contributed by atoms with van der Waals surface area (Å²) in [6.45, 7) is 4.81. The number of benzene rings is 1. The Hall–Kier alpha value is -1.82. The van der Waals surface area contributed by atoms with Gasteiger partial charge in [-0.05, 0) is 68.4 Å². The number of halogens is 2. The minimum absolute atomic E-state index is 0. The van der Waals surface area contributed by atoms with E-state index in [0.717, 1.165) is 31.4 Å². The summed E-state index contributed by atoms with van der Waals surface area (Å²) in [5.41, 5.74) is 4.08. The Morgan fingerprint density at radius 1 is 1.20 bits per heavy atom. The number of pyridine rings is 1. The fourth-order valence-corrected chi connectivity index (χ4v) is 4.14. The summed E-state index contributed by atoms with van der Waals surface area (Å²) in [6, 6.07) is 10.0. The first-order valence-electron chi connectivity index (χ1n) is 10.2. The van der Waals surface area contributed by atoms with Crippen LogP contribution in [0.4, 0.5) is 5.69 Å². The average molecular weight is 454 g/mol. The Labute approximate surface area is 192 Å². The molecule has 1 N–H and O–H groups in total. The van der Waals surface area contributed by atoms with Crippen LogP contribution in [0.5, 0.6) is 0 Å². The lowest BCUT2D eigenvalue weighted by Gasteiger charge is -2.37. The van der Waals surface area contributed by atoms with Crippen molar-refractivity contribution in [1.29, 1.82) is 0 Å². The van der Waals surface area contributed by atoms with Crippen molar-refractivity contribution < 1.29 is 9.63 Å². The van der Waals surface area contributed by atoms with E-state index in [9.17, 15) is 4.79 Å². The second-order valence-corrected chi connectivity index (χ2v) is 7.85. The van der Waals surface area contributed by atoms with E-state index < -0.39 is 5.54 Å². The van der Waals surface area contributed by atoms with Crippen molar-refractivity contribution in [2.75, 3.05) is 18.7 Å². The zero-order valence-electron chi connectivity index (χ0n) is 18.0. The number of amides is 1. The molecule has 0 saturated carbocycles. The summed E-state index contributed by atoms with van der Waals surface area (Å²) in [5, 5.41) is 5.17. The molecule has 5 nitrogen and oxygen atoms in total. The standard InChI is InChI=1S/C23H31N3O2.2ClH/c1-4-14-23(2,25-22(27)19-11-8-15-24-16-19)17-26(28-3)21-13-7-10-18-9-5-6-12-20(18)21;;/h7-8,10-11,13,15-16H,4-6,9,12,14,17H2,1-3H3,(H,25,27);2*1H. The first-order chi connectivity index (χ1) is 13.6. The molecule has 0 bridgehead atoms. The molecule has 0 aliphatic heterocycles. The SMILES string of the molecule is CCCC(C)(CN(OC)c1cccc2c1CCCC2)NC(=O)c1cccnc1.Cl.Cl. The van der Waals surface area contributed by atoms with E-state index in [1.54, 1.807) is 31.6 Å². The predicted octanol–water partition coefficient (Wildman–Crippen LogP) is 5.16. The maximum Gasteiger partial charge on any atom is 0.253 e. The van der Waals surface area contributed by atoms with E-state index in [2.05, 4.69) is 42.3 Å². The molecule has 2 aromatic rings. The van der Waals surface area contributed by atoms with Crippen LogP contribution in [0.1, 0.15) is 61.0 Å². The van der Waals surface area contributed by atoms with Gasteiger partial charge in [0.05, 0.1) is 30.4 Å². The lowest BCUT2D eigenvalue weighted by Crippen LogP contribution is -2.53. The van der Waals surface area contributed by atoms with Gasteiger partial charge in [-0.25, -0.2) is 0 Å². The maximum absolute atomic E-state index is 12.8. The second kappa shape index (κ2) is 12.1. The quantitative estimate of drug-likeness (QED) is 0.560. The van der Waals surface area contributed by atoms with Gasteiger partial charge in [-0.15, -0.1) is 24.8 Å². The van der Waals surface area contributed by atoms with Crippen molar-refractivity contribution in [2.45, 2.75) is 57.9 Å². The molecule has 1 aromatic carbocycles. The molecule has 1 atom stereocenters. The van der Waals surface area contributed by atoms with Gasteiger partial charge >= 0.3 is 0 Å². The van der Waals surface area contributed by atoms with Crippen molar-refractivity contribution in [1.82, 2.24) is 10.3 Å². The molecule has 1 aromatic heterocycles. The fourth-order valence-electron chi connectivity index (χ4n) is 4.14. The summed E-state index contributed by atoms with van der Waals surface area (Å²) < 4.78 is 0. The number of hydroxylamine groups is 1. The van der Waals surface area contributed by atoms with Gasteiger partial charge in [0.1, 0.15) is 0 Å². The number of carbonyl (C=O) groups excluding carboxylic acids is 1. The molecule has 7 heteroatoms. The van der Waals surface area contributed by atoms with Gasteiger partial charge in [-0.2, -0.15) is 0 Å². The minimum atomic E-state index is -0.422. The highest BCUT2D eigenvalue weighted by molar-refractivity contribution is 5.94. The van der Waals surface area contributed by atoms with Crippen LogP contribution in [0.3, 0.4) is 0 Å². The maximum atomic E-state index is 12.8. The van der Waals surface area contributed by atoms with E-state index >= 15 is 0 Å². The van der Waals surface area contributed by atoms with E-state index in [0.29, 0.717) is 12.1 Å². The highest BCUT2D eigenvalue weighted by Crippen LogP contribution is 2.32. The van der Waals surface area contributed by atoms with Crippen molar-refractivity contribution in [2.24, 2.45) is 0 Å². The third-order valence-corrected chi connectivity index (χ3v) is 5.49. The van der Waals surface area contributed by atoms with Crippen LogP contribution < -0.4 is 10.4 Å². The van der Waals surface area contributed by atoms with Gasteiger partial charge in [0.2, 0.25) is 0 Å². The third-order valence-electron chi connectivity index (χ3n) is 5.49. The first kappa shape index (κ1) is 26.2. The Morgan fingerprint density at radius 2 is 1.97 bits per heavy atom. The zero-order chi connectivity index (χ0) is 20.0. The van der Waals surface area contributed by atoms with Crippen molar-refractivity contribution in [3.63, 3.8) is 0 Å². The fraction of sp³-hybridized carbons (Fsp3) is 0.478. The molecule has 1 unspecified atom stereocenters. The van der Waals surface area contributed by atoms with Crippen LogP contribution in [0, 0.1) is 0 Å². The smallest absolute Gasteiger partial charge is 0.253 e. The summed E-state index contributed by atoms with van der Waals surface area (Å²) in [6.07, 6.45) is 9.77. The number of aromatic nitrogens is 1. The first-order valence-corrected chi connectivity index (χ1v) is 10.2. The van der Waals surface area contributed by atoms with Gasteiger partial charge in [0.15, 0.2) is 0 Å². The topological polar surface area (TPSA) is 54.5 Å². The molecular weight excluding hydrogens is 421 g/mol. The molecule has 1 aliphatic rings. The molecule has 1 amide bonds. The summed E-state index contributed by atoms with van der Waals surface area (Å²) >= 11 is 0. The largest absolute Gasteiger partial charge is 0.345 e. The highest BCUT2D eigenvalue weighted by atomic mass is 35.5. The number of nitrogens with one attached hydrogen (secondary N) is 1. The molecule has 1 heterocycles. The number of carbonyl (C=O) groups is 1. The lowest BCUT2D eigenvalue weighted by molar-refractivity contribution is 0.0868. The van der Waals surface area contributed by atoms with E-state index in [4.69, 9.17) is 4.84 Å². The molecule has 0 saturated heterocycles. The van der Waals surface area contributed by atoms with Gasteiger partial charge in [0.25, 0.3) is 5.91 Å². The van der Waals surface area contributed by atoms with Crippen LogP contribution in [-0.2, 0) is 17.7 Å². The molecular formula is C23H33Cl2N3O2. The van der Waals surface area contributed by atoms with Crippen molar-refractivity contribution >= 4 is 36.4 Å². The molecule has 30 heavy (non-hydrogen) atoms. The Kier molecular flexibility index (Phi) is 10.6. The van der Waals surface area contributed by atoms with Gasteiger partial charge in [-0.1, -0.05) is 25.5 Å². The number of hydrogen-bond donors (Lipinski definition) is 1. The van der Waals surface area contributed by atoms with Gasteiger partial charge in [0, 0.05) is 12.4 Å². The van der Waals surface area contributed by atoms with Crippen molar-refractivity contribution in [3.8, 4) is 0 Å². The van der Waals surface area contributed by atoms with E-state index in [1.165, 1.54) is 24.0 Å². The van der Waals surface area contributed by atoms with Crippen molar-refractivity contribution in [3.05, 3.63) is 59.4 Å². The van der Waals surface area contributed by atoms with E-state index in [-0.39, 0.29) is 30.7 Å².